The Bertz CT molecular complexity index is 495. The topological polar surface area (TPSA) is 44.8 Å². The maximum Gasteiger partial charge on any atom is 0.228 e. The van der Waals surface area contributed by atoms with Gasteiger partial charge in [0.1, 0.15) is 0 Å². The van der Waals surface area contributed by atoms with E-state index < -0.39 is 0 Å². The van der Waals surface area contributed by atoms with Gasteiger partial charge in [-0.3, -0.25) is 9.69 Å². The molecule has 5 nitrogen and oxygen atoms in total. The van der Waals surface area contributed by atoms with E-state index in [1.165, 1.54) is 5.56 Å². The zero-order valence-corrected chi connectivity index (χ0v) is 13.3. The normalized spacial score (nSPS) is 23.8. The number of hydrogen-bond donors (Lipinski definition) is 1. The third-order valence-corrected chi connectivity index (χ3v) is 4.50. The molecule has 22 heavy (non-hydrogen) atoms. The quantitative estimate of drug-likeness (QED) is 0.909. The summed E-state index contributed by atoms with van der Waals surface area (Å²) < 4.78 is 5.49. The first-order valence-electron chi connectivity index (χ1n) is 8.13. The van der Waals surface area contributed by atoms with Crippen molar-refractivity contribution in [2.75, 3.05) is 44.8 Å². The van der Waals surface area contributed by atoms with E-state index >= 15 is 0 Å². The average Bonchev–Trinajstić information content (AvgIpc) is 2.74. The zero-order chi connectivity index (χ0) is 15.4. The van der Waals surface area contributed by atoms with E-state index in [1.54, 1.807) is 0 Å². The van der Waals surface area contributed by atoms with Gasteiger partial charge in [0.15, 0.2) is 0 Å². The molecule has 1 unspecified atom stereocenters. The Morgan fingerprint density at radius 1 is 1.23 bits per heavy atom. The third kappa shape index (κ3) is 3.66. The molecule has 0 aliphatic carbocycles. The predicted octanol–water partition coefficient (Wildman–Crippen LogP) is 1.23. The number of amides is 1. The van der Waals surface area contributed by atoms with E-state index in [9.17, 15) is 4.79 Å². The van der Waals surface area contributed by atoms with Gasteiger partial charge in [-0.05, 0) is 31.2 Å². The molecule has 0 spiro atoms. The first kappa shape index (κ1) is 15.5. The number of likely N-dealkylation sites (N-methyl/N-ethyl adjacent to an activating group) is 1. The van der Waals surface area contributed by atoms with Crippen molar-refractivity contribution in [1.29, 1.82) is 0 Å². The molecule has 0 aromatic heterocycles. The Kier molecular flexibility index (Phi) is 5.08. The number of anilines is 1. The van der Waals surface area contributed by atoms with Crippen LogP contribution in [0.3, 0.4) is 0 Å². The number of rotatable bonds is 4. The monoisotopic (exact) mass is 303 g/mol. The summed E-state index contributed by atoms with van der Waals surface area (Å²) in [6.45, 7) is 5.51. The molecule has 2 aliphatic rings. The van der Waals surface area contributed by atoms with Gasteiger partial charge >= 0.3 is 0 Å². The minimum Gasteiger partial charge on any atom is -0.380 e. The highest BCUT2D eigenvalue weighted by Crippen LogP contribution is 2.22. The fourth-order valence-corrected chi connectivity index (χ4v) is 3.15. The highest BCUT2D eigenvalue weighted by atomic mass is 16.5. The lowest BCUT2D eigenvalue weighted by molar-refractivity contribution is -0.117. The van der Waals surface area contributed by atoms with Crippen molar-refractivity contribution in [3.63, 3.8) is 0 Å². The lowest BCUT2D eigenvalue weighted by atomic mass is 10.2. The highest BCUT2D eigenvalue weighted by molar-refractivity contribution is 5.96. The Balaban J connectivity index is 1.61. The molecular weight excluding hydrogens is 278 g/mol. The third-order valence-electron chi connectivity index (χ3n) is 4.50. The molecule has 3 rings (SSSR count). The van der Waals surface area contributed by atoms with Crippen LogP contribution in [-0.2, 0) is 16.1 Å². The molecule has 1 aromatic rings. The van der Waals surface area contributed by atoms with Crippen LogP contribution >= 0.6 is 0 Å². The number of ether oxygens (including phenoxy) is 1. The van der Waals surface area contributed by atoms with Crippen molar-refractivity contribution in [3.05, 3.63) is 29.8 Å². The van der Waals surface area contributed by atoms with Crippen molar-refractivity contribution in [2.24, 2.45) is 0 Å². The van der Waals surface area contributed by atoms with E-state index in [0.29, 0.717) is 6.42 Å². The number of benzene rings is 1. The van der Waals surface area contributed by atoms with Crippen LogP contribution < -0.4 is 10.2 Å². The Labute approximate surface area is 132 Å². The van der Waals surface area contributed by atoms with Gasteiger partial charge < -0.3 is 15.0 Å². The summed E-state index contributed by atoms with van der Waals surface area (Å²) in [5.74, 6) is 0.205. The van der Waals surface area contributed by atoms with Crippen LogP contribution in [0.4, 0.5) is 5.69 Å². The van der Waals surface area contributed by atoms with Crippen molar-refractivity contribution < 1.29 is 9.53 Å². The Morgan fingerprint density at radius 2 is 2.05 bits per heavy atom. The summed E-state index contributed by atoms with van der Waals surface area (Å²) in [6, 6.07) is 8.69. The molecule has 2 heterocycles. The van der Waals surface area contributed by atoms with Crippen molar-refractivity contribution >= 4 is 11.6 Å². The number of carbonyl (C=O) groups is 1. The molecule has 1 atom stereocenters. The second-order valence-electron chi connectivity index (χ2n) is 6.10. The largest absolute Gasteiger partial charge is 0.380 e. The van der Waals surface area contributed by atoms with Crippen LogP contribution in [0.2, 0.25) is 0 Å². The first-order chi connectivity index (χ1) is 10.8. The first-order valence-corrected chi connectivity index (χ1v) is 8.13. The van der Waals surface area contributed by atoms with Crippen LogP contribution in [0.15, 0.2) is 24.3 Å². The van der Waals surface area contributed by atoms with E-state index in [4.69, 9.17) is 4.74 Å². The van der Waals surface area contributed by atoms with Gasteiger partial charge in [-0.15, -0.1) is 0 Å². The van der Waals surface area contributed by atoms with Gasteiger partial charge in [-0.2, -0.15) is 0 Å². The van der Waals surface area contributed by atoms with Crippen LogP contribution in [0.5, 0.6) is 0 Å². The molecule has 1 aromatic carbocycles. The minimum absolute atomic E-state index is 0.205. The molecule has 5 heteroatoms. The fourth-order valence-electron chi connectivity index (χ4n) is 3.15. The Morgan fingerprint density at radius 3 is 2.77 bits per heavy atom. The SMILES string of the molecule is CNC1CC(=O)N(c2ccc(CN3CCCOCC3)cc2)C1. The summed E-state index contributed by atoms with van der Waals surface area (Å²) in [5.41, 5.74) is 2.30. The van der Waals surface area contributed by atoms with Gasteiger partial charge in [0, 0.05) is 50.9 Å². The van der Waals surface area contributed by atoms with E-state index in [0.717, 1.165) is 51.5 Å². The maximum absolute atomic E-state index is 12.0. The van der Waals surface area contributed by atoms with Crippen LogP contribution in [0.1, 0.15) is 18.4 Å². The summed E-state index contributed by atoms with van der Waals surface area (Å²) in [6.07, 6.45) is 1.69. The van der Waals surface area contributed by atoms with E-state index in [1.807, 2.05) is 11.9 Å². The predicted molar refractivity (Wildman–Crippen MR) is 87.0 cm³/mol. The van der Waals surface area contributed by atoms with Crippen molar-refractivity contribution in [3.8, 4) is 0 Å². The van der Waals surface area contributed by atoms with E-state index in [-0.39, 0.29) is 11.9 Å². The average molecular weight is 303 g/mol. The number of carbonyl (C=O) groups excluding carboxylic acids is 1. The molecule has 120 valence electrons. The summed E-state index contributed by atoms with van der Waals surface area (Å²) in [4.78, 5) is 16.4. The summed E-state index contributed by atoms with van der Waals surface area (Å²) in [5, 5.41) is 3.18. The van der Waals surface area contributed by atoms with Gasteiger partial charge in [0.2, 0.25) is 5.91 Å². The van der Waals surface area contributed by atoms with Crippen molar-refractivity contribution in [2.45, 2.75) is 25.4 Å². The number of nitrogens with zero attached hydrogens (tertiary/aromatic N) is 2. The molecule has 0 saturated carbocycles. The minimum atomic E-state index is 0.205. The number of hydrogen-bond acceptors (Lipinski definition) is 4. The van der Waals surface area contributed by atoms with Gasteiger partial charge in [0.25, 0.3) is 0 Å². The van der Waals surface area contributed by atoms with Crippen LogP contribution in [0.25, 0.3) is 0 Å². The second-order valence-corrected chi connectivity index (χ2v) is 6.10. The molecule has 2 fully saturated rings. The van der Waals surface area contributed by atoms with Crippen LogP contribution in [-0.4, -0.2) is 56.7 Å². The maximum atomic E-state index is 12.0. The lowest BCUT2D eigenvalue weighted by Crippen LogP contribution is -2.30. The fraction of sp³-hybridized carbons (Fsp3) is 0.588. The molecular formula is C17H25N3O2. The van der Waals surface area contributed by atoms with E-state index in [2.05, 4.69) is 34.5 Å². The van der Waals surface area contributed by atoms with Crippen LogP contribution in [0, 0.1) is 0 Å². The molecule has 2 aliphatic heterocycles. The summed E-state index contributed by atoms with van der Waals surface area (Å²) >= 11 is 0. The molecule has 1 amide bonds. The van der Waals surface area contributed by atoms with Crippen molar-refractivity contribution in [1.82, 2.24) is 10.2 Å². The lowest BCUT2D eigenvalue weighted by Gasteiger charge is -2.20. The zero-order valence-electron chi connectivity index (χ0n) is 13.3. The molecule has 1 N–H and O–H groups in total. The molecule has 0 radical (unpaired) electrons. The van der Waals surface area contributed by atoms with Gasteiger partial charge in [-0.25, -0.2) is 0 Å². The Hall–Kier alpha value is -1.43. The highest BCUT2D eigenvalue weighted by Gasteiger charge is 2.29. The van der Waals surface area contributed by atoms with Gasteiger partial charge in [0.05, 0.1) is 6.61 Å². The molecule has 2 saturated heterocycles. The van der Waals surface area contributed by atoms with Gasteiger partial charge in [-0.1, -0.05) is 12.1 Å². The molecule has 0 bridgehead atoms. The summed E-state index contributed by atoms with van der Waals surface area (Å²) in [7, 11) is 1.91. The number of nitrogens with one attached hydrogen (secondary N) is 1. The second kappa shape index (κ2) is 7.22. The smallest absolute Gasteiger partial charge is 0.228 e. The standard InChI is InChI=1S/C17H25N3O2/c1-18-15-11-17(21)20(13-15)16-5-3-14(4-6-16)12-19-7-2-9-22-10-8-19/h3-6,15,18H,2,7-13H2,1H3.